The number of ether oxygens (including phenoxy) is 1. The molecule has 1 aromatic rings. The molecule has 1 heterocycles. The van der Waals surface area contributed by atoms with Crippen molar-refractivity contribution in [2.45, 2.75) is 6.92 Å². The minimum absolute atomic E-state index is 0.166. The van der Waals surface area contributed by atoms with Gasteiger partial charge >= 0.3 is 0 Å². The molecule has 0 saturated heterocycles. The second-order valence-corrected chi connectivity index (χ2v) is 2.27. The van der Waals surface area contributed by atoms with Crippen LogP contribution in [0.15, 0.2) is 34.2 Å². The van der Waals surface area contributed by atoms with Crippen molar-refractivity contribution in [3.8, 4) is 5.75 Å². The van der Waals surface area contributed by atoms with Crippen LogP contribution in [0, 0.1) is 6.92 Å². The van der Waals surface area contributed by atoms with Crippen LogP contribution in [0.4, 0.5) is 0 Å². The lowest BCUT2D eigenvalue weighted by Crippen LogP contribution is -2.07. The minimum Gasteiger partial charge on any atom is -0.482 e. The second kappa shape index (κ2) is 3.76. The van der Waals surface area contributed by atoms with Crippen molar-refractivity contribution in [2.24, 2.45) is 0 Å². The maximum absolute atomic E-state index is 11.1. The molecule has 0 radical (unpaired) electrons. The van der Waals surface area contributed by atoms with Gasteiger partial charge in [-0.2, -0.15) is 0 Å². The summed E-state index contributed by atoms with van der Waals surface area (Å²) in [7, 11) is 0. The zero-order valence-electron chi connectivity index (χ0n) is 6.87. The summed E-state index contributed by atoms with van der Waals surface area (Å²) in [4.78, 5) is 11.1. The summed E-state index contributed by atoms with van der Waals surface area (Å²) in [6.45, 7) is 5.47. The lowest BCUT2D eigenvalue weighted by Gasteiger charge is -2.02. The molecule has 0 bridgehead atoms. The van der Waals surface area contributed by atoms with Crippen LogP contribution in [-0.2, 0) is 0 Å². The van der Waals surface area contributed by atoms with E-state index in [0.717, 1.165) is 0 Å². The molecule has 0 saturated carbocycles. The fraction of sp³-hybridized carbons (Fsp3) is 0.222. The smallest absolute Gasteiger partial charge is 0.227 e. The molecule has 1 rings (SSSR count). The van der Waals surface area contributed by atoms with Crippen LogP contribution < -0.4 is 10.2 Å². The van der Waals surface area contributed by atoms with Crippen LogP contribution in [0.1, 0.15) is 5.76 Å². The molecule has 0 N–H and O–H groups in total. The van der Waals surface area contributed by atoms with E-state index in [1.165, 1.54) is 12.3 Å². The van der Waals surface area contributed by atoms with Crippen molar-refractivity contribution in [1.82, 2.24) is 0 Å². The van der Waals surface area contributed by atoms with Crippen LogP contribution in [0.25, 0.3) is 0 Å². The van der Waals surface area contributed by atoms with E-state index in [2.05, 4.69) is 6.58 Å². The lowest BCUT2D eigenvalue weighted by molar-refractivity contribution is 0.335. The first kappa shape index (κ1) is 8.59. The Morgan fingerprint density at radius 2 is 2.50 bits per heavy atom. The van der Waals surface area contributed by atoms with Gasteiger partial charge in [0.05, 0.1) is 6.26 Å². The van der Waals surface area contributed by atoms with Gasteiger partial charge in [-0.25, -0.2) is 0 Å². The van der Waals surface area contributed by atoms with Gasteiger partial charge in [-0.3, -0.25) is 4.79 Å². The van der Waals surface area contributed by atoms with E-state index in [0.29, 0.717) is 12.4 Å². The molecule has 1 aromatic heterocycles. The molecule has 0 fully saturated rings. The van der Waals surface area contributed by atoms with Crippen molar-refractivity contribution in [3.05, 3.63) is 41.0 Å². The summed E-state index contributed by atoms with van der Waals surface area (Å²) in [5.74, 6) is 0.752. The predicted molar refractivity (Wildman–Crippen MR) is 45.4 cm³/mol. The molecule has 0 spiro atoms. The van der Waals surface area contributed by atoms with E-state index in [9.17, 15) is 4.79 Å². The summed E-state index contributed by atoms with van der Waals surface area (Å²) >= 11 is 0. The highest BCUT2D eigenvalue weighted by Crippen LogP contribution is 2.09. The van der Waals surface area contributed by atoms with Gasteiger partial charge in [0.2, 0.25) is 11.2 Å². The Labute approximate surface area is 70.3 Å². The standard InChI is InChI=1S/C9H10O3/c1-3-5-12-9-7(2)11-6-4-8(9)10/h3-4,6H,1,5H2,2H3. The monoisotopic (exact) mass is 166 g/mol. The maximum atomic E-state index is 11.1. The van der Waals surface area contributed by atoms with Gasteiger partial charge in [-0.05, 0) is 6.92 Å². The summed E-state index contributed by atoms with van der Waals surface area (Å²) in [6, 6.07) is 1.32. The predicted octanol–water partition coefficient (Wildman–Crippen LogP) is 1.51. The summed E-state index contributed by atoms with van der Waals surface area (Å²) in [5, 5.41) is 0. The zero-order valence-corrected chi connectivity index (χ0v) is 6.87. The van der Waals surface area contributed by atoms with Crippen molar-refractivity contribution in [3.63, 3.8) is 0 Å². The summed E-state index contributed by atoms with van der Waals surface area (Å²) < 4.78 is 10.1. The Bertz CT molecular complexity index is 325. The number of hydrogen-bond acceptors (Lipinski definition) is 3. The van der Waals surface area contributed by atoms with Gasteiger partial charge < -0.3 is 9.15 Å². The van der Waals surface area contributed by atoms with Crippen LogP contribution >= 0.6 is 0 Å². The van der Waals surface area contributed by atoms with Crippen LogP contribution in [0.3, 0.4) is 0 Å². The van der Waals surface area contributed by atoms with Crippen LogP contribution in [0.5, 0.6) is 5.75 Å². The van der Waals surface area contributed by atoms with Gasteiger partial charge in [-0.1, -0.05) is 12.7 Å². The minimum atomic E-state index is -0.166. The van der Waals surface area contributed by atoms with Crippen LogP contribution in [-0.4, -0.2) is 6.61 Å². The van der Waals surface area contributed by atoms with E-state index >= 15 is 0 Å². The molecule has 0 unspecified atom stereocenters. The first-order chi connectivity index (χ1) is 5.75. The van der Waals surface area contributed by atoms with Gasteiger partial charge in [0.1, 0.15) is 12.4 Å². The average Bonchev–Trinajstić information content (AvgIpc) is 2.04. The summed E-state index contributed by atoms with van der Waals surface area (Å²) in [6.07, 6.45) is 2.92. The van der Waals surface area contributed by atoms with Gasteiger partial charge in [0.25, 0.3) is 0 Å². The highest BCUT2D eigenvalue weighted by molar-refractivity contribution is 5.23. The average molecular weight is 166 g/mol. The normalized spacial score (nSPS) is 9.42. The Morgan fingerprint density at radius 1 is 1.75 bits per heavy atom. The first-order valence-electron chi connectivity index (χ1n) is 3.58. The third-order valence-electron chi connectivity index (χ3n) is 1.35. The maximum Gasteiger partial charge on any atom is 0.227 e. The molecule has 0 aliphatic carbocycles. The van der Waals surface area contributed by atoms with E-state index in [1.54, 1.807) is 13.0 Å². The molecule has 0 aliphatic rings. The largest absolute Gasteiger partial charge is 0.482 e. The van der Waals surface area contributed by atoms with Gasteiger partial charge in [-0.15, -0.1) is 0 Å². The quantitative estimate of drug-likeness (QED) is 0.639. The Morgan fingerprint density at radius 3 is 3.08 bits per heavy atom. The van der Waals surface area contributed by atoms with E-state index in [1.807, 2.05) is 0 Å². The molecule has 0 amide bonds. The fourth-order valence-corrected chi connectivity index (χ4v) is 0.816. The SMILES string of the molecule is C=CCOc1c(C)occc1=O. The molecule has 0 aliphatic heterocycles. The van der Waals surface area contributed by atoms with Gasteiger partial charge in [0.15, 0.2) is 0 Å². The van der Waals surface area contributed by atoms with Crippen molar-refractivity contribution >= 4 is 0 Å². The highest BCUT2D eigenvalue weighted by Gasteiger charge is 2.04. The molecule has 64 valence electrons. The van der Waals surface area contributed by atoms with Crippen LogP contribution in [0.2, 0.25) is 0 Å². The number of hydrogen-bond donors (Lipinski definition) is 0. The molecule has 12 heavy (non-hydrogen) atoms. The van der Waals surface area contributed by atoms with E-state index in [4.69, 9.17) is 9.15 Å². The van der Waals surface area contributed by atoms with Gasteiger partial charge in [0, 0.05) is 6.07 Å². The number of rotatable bonds is 3. The van der Waals surface area contributed by atoms with Crippen molar-refractivity contribution in [2.75, 3.05) is 6.61 Å². The zero-order chi connectivity index (χ0) is 8.97. The fourth-order valence-electron chi connectivity index (χ4n) is 0.816. The van der Waals surface area contributed by atoms with E-state index < -0.39 is 0 Å². The molecular formula is C9H10O3. The lowest BCUT2D eigenvalue weighted by atomic mass is 10.4. The third-order valence-corrected chi connectivity index (χ3v) is 1.35. The molecule has 3 heteroatoms. The Hall–Kier alpha value is -1.51. The van der Waals surface area contributed by atoms with Crippen molar-refractivity contribution in [1.29, 1.82) is 0 Å². The first-order valence-corrected chi connectivity index (χ1v) is 3.58. The molecule has 0 atom stereocenters. The number of aryl methyl sites for hydroxylation is 1. The Balaban J connectivity index is 2.96. The molecule has 0 aromatic carbocycles. The van der Waals surface area contributed by atoms with E-state index in [-0.39, 0.29) is 11.2 Å². The topological polar surface area (TPSA) is 39.4 Å². The highest BCUT2D eigenvalue weighted by atomic mass is 16.5. The second-order valence-electron chi connectivity index (χ2n) is 2.27. The molecular weight excluding hydrogens is 156 g/mol. The third kappa shape index (κ3) is 1.75. The van der Waals surface area contributed by atoms with Crippen molar-refractivity contribution < 1.29 is 9.15 Å². The Kier molecular flexibility index (Phi) is 2.69. The molecule has 3 nitrogen and oxygen atoms in total. The summed E-state index contributed by atoms with van der Waals surface area (Å²) in [5.41, 5.74) is -0.166.